The van der Waals surface area contributed by atoms with Gasteiger partial charge in [-0.1, -0.05) is 32.0 Å². The average molecular weight is 250 g/mol. The zero-order valence-corrected chi connectivity index (χ0v) is 11.6. The summed E-state index contributed by atoms with van der Waals surface area (Å²) in [5.74, 6) is 0.754. The Morgan fingerprint density at radius 3 is 2.56 bits per heavy atom. The number of methoxy groups -OCH3 is 1. The van der Waals surface area contributed by atoms with Gasteiger partial charge in [-0.15, -0.1) is 0 Å². The molecule has 0 saturated carbocycles. The van der Waals surface area contributed by atoms with Gasteiger partial charge in [0.25, 0.3) is 0 Å². The number of aliphatic carboxylic acids is 1. The van der Waals surface area contributed by atoms with Gasteiger partial charge in [0, 0.05) is 6.42 Å². The zero-order chi connectivity index (χ0) is 13.7. The van der Waals surface area contributed by atoms with Crippen LogP contribution in [0.15, 0.2) is 18.2 Å². The fraction of sp³-hybridized carbons (Fsp3) is 0.533. The monoisotopic (exact) mass is 250 g/mol. The highest BCUT2D eigenvalue weighted by molar-refractivity contribution is 5.66. The fourth-order valence-corrected chi connectivity index (χ4v) is 2.37. The molecular weight excluding hydrogens is 228 g/mol. The van der Waals surface area contributed by atoms with Crippen molar-refractivity contribution in [2.75, 3.05) is 7.11 Å². The number of ether oxygens (including phenoxy) is 1. The Kier molecular flexibility index (Phi) is 5.20. The van der Waals surface area contributed by atoms with Gasteiger partial charge < -0.3 is 9.84 Å². The van der Waals surface area contributed by atoms with Gasteiger partial charge in [0.1, 0.15) is 5.75 Å². The van der Waals surface area contributed by atoms with Crippen LogP contribution in [0.4, 0.5) is 0 Å². The van der Waals surface area contributed by atoms with E-state index in [-0.39, 0.29) is 12.3 Å². The van der Waals surface area contributed by atoms with E-state index in [1.165, 1.54) is 0 Å². The van der Waals surface area contributed by atoms with Crippen molar-refractivity contribution in [3.63, 3.8) is 0 Å². The quantitative estimate of drug-likeness (QED) is 0.839. The summed E-state index contributed by atoms with van der Waals surface area (Å²) in [6.07, 6.45) is 0.840. The molecule has 0 aromatic heterocycles. The molecular formula is C15H22O3. The first-order valence-electron chi connectivity index (χ1n) is 6.32. The number of carboxylic acids is 1. The molecule has 0 amide bonds. The molecule has 1 rings (SSSR count). The van der Waals surface area contributed by atoms with E-state index in [4.69, 9.17) is 9.84 Å². The minimum atomic E-state index is -0.743. The molecule has 0 spiro atoms. The van der Waals surface area contributed by atoms with E-state index in [0.717, 1.165) is 16.9 Å². The Balaban J connectivity index is 3.05. The number of carboxylic acid groups (broad SMARTS) is 1. The first-order valence-corrected chi connectivity index (χ1v) is 6.32. The average Bonchev–Trinajstić information content (AvgIpc) is 2.28. The molecule has 0 aliphatic rings. The lowest BCUT2D eigenvalue weighted by atomic mass is 9.83. The van der Waals surface area contributed by atoms with Crippen LogP contribution < -0.4 is 4.74 Å². The normalized spacial score (nSPS) is 12.5. The standard InChI is InChI=1S/C15H22O3/c1-10(2)12(8-9-14(16)17)13-7-5-6-11(3)15(13)18-4/h5-7,10,12H,8-9H2,1-4H3,(H,16,17). The maximum Gasteiger partial charge on any atom is 0.303 e. The molecule has 100 valence electrons. The van der Waals surface area contributed by atoms with Gasteiger partial charge in [0.2, 0.25) is 0 Å². The molecule has 0 aliphatic carbocycles. The Morgan fingerprint density at radius 1 is 1.39 bits per heavy atom. The number of aryl methyl sites for hydroxylation is 1. The predicted octanol–water partition coefficient (Wildman–Crippen LogP) is 3.61. The van der Waals surface area contributed by atoms with E-state index in [2.05, 4.69) is 13.8 Å². The third kappa shape index (κ3) is 3.49. The second-order valence-electron chi connectivity index (χ2n) is 4.98. The van der Waals surface area contributed by atoms with Crippen LogP contribution >= 0.6 is 0 Å². The molecule has 3 nitrogen and oxygen atoms in total. The second-order valence-corrected chi connectivity index (χ2v) is 4.98. The van der Waals surface area contributed by atoms with E-state index in [1.807, 2.05) is 25.1 Å². The summed E-state index contributed by atoms with van der Waals surface area (Å²) in [5.41, 5.74) is 2.21. The van der Waals surface area contributed by atoms with Gasteiger partial charge in [0.15, 0.2) is 0 Å². The number of rotatable bonds is 6. The van der Waals surface area contributed by atoms with Crippen molar-refractivity contribution >= 4 is 5.97 Å². The van der Waals surface area contributed by atoms with Crippen molar-refractivity contribution in [3.05, 3.63) is 29.3 Å². The summed E-state index contributed by atoms with van der Waals surface area (Å²) in [6.45, 7) is 6.25. The minimum absolute atomic E-state index is 0.194. The molecule has 3 heteroatoms. The van der Waals surface area contributed by atoms with Crippen molar-refractivity contribution in [1.29, 1.82) is 0 Å². The second kappa shape index (κ2) is 6.43. The van der Waals surface area contributed by atoms with Crippen LogP contribution in [0.3, 0.4) is 0 Å². The summed E-state index contributed by atoms with van der Waals surface area (Å²) < 4.78 is 5.47. The molecule has 1 N–H and O–H groups in total. The number of hydrogen-bond acceptors (Lipinski definition) is 2. The largest absolute Gasteiger partial charge is 0.496 e. The van der Waals surface area contributed by atoms with Gasteiger partial charge >= 0.3 is 5.97 Å². The highest BCUT2D eigenvalue weighted by atomic mass is 16.5. The molecule has 18 heavy (non-hydrogen) atoms. The molecule has 0 radical (unpaired) electrons. The highest BCUT2D eigenvalue weighted by Gasteiger charge is 2.21. The van der Waals surface area contributed by atoms with Crippen LogP contribution in [-0.2, 0) is 4.79 Å². The topological polar surface area (TPSA) is 46.5 Å². The summed E-state index contributed by atoms with van der Waals surface area (Å²) in [6, 6.07) is 6.05. The van der Waals surface area contributed by atoms with E-state index >= 15 is 0 Å². The Hall–Kier alpha value is -1.51. The number of benzene rings is 1. The molecule has 1 atom stereocenters. The van der Waals surface area contributed by atoms with Crippen molar-refractivity contribution in [2.24, 2.45) is 5.92 Å². The molecule has 1 unspecified atom stereocenters. The van der Waals surface area contributed by atoms with Crippen LogP contribution in [0.1, 0.15) is 43.7 Å². The molecule has 0 bridgehead atoms. The summed E-state index contributed by atoms with van der Waals surface area (Å²) in [5, 5.41) is 8.84. The lowest BCUT2D eigenvalue weighted by Crippen LogP contribution is -2.11. The number of carbonyl (C=O) groups is 1. The number of hydrogen-bond donors (Lipinski definition) is 1. The zero-order valence-electron chi connectivity index (χ0n) is 11.6. The molecule has 0 saturated heterocycles. The molecule has 1 aromatic rings. The van der Waals surface area contributed by atoms with Gasteiger partial charge in [-0.25, -0.2) is 0 Å². The molecule has 0 fully saturated rings. The van der Waals surface area contributed by atoms with Gasteiger partial charge in [-0.05, 0) is 36.3 Å². The van der Waals surface area contributed by atoms with Gasteiger partial charge in [0.05, 0.1) is 7.11 Å². The van der Waals surface area contributed by atoms with Crippen molar-refractivity contribution in [1.82, 2.24) is 0 Å². The smallest absolute Gasteiger partial charge is 0.303 e. The SMILES string of the molecule is COc1c(C)cccc1C(CCC(=O)O)C(C)C. The van der Waals surface area contributed by atoms with Crippen LogP contribution in [0, 0.1) is 12.8 Å². The molecule has 0 heterocycles. The maximum absolute atomic E-state index is 10.7. The van der Waals surface area contributed by atoms with Gasteiger partial charge in [-0.3, -0.25) is 4.79 Å². The molecule has 1 aromatic carbocycles. The van der Waals surface area contributed by atoms with Crippen molar-refractivity contribution < 1.29 is 14.6 Å². The van der Waals surface area contributed by atoms with Crippen LogP contribution in [-0.4, -0.2) is 18.2 Å². The van der Waals surface area contributed by atoms with E-state index in [0.29, 0.717) is 12.3 Å². The number of para-hydroxylation sites is 1. The van der Waals surface area contributed by atoms with Crippen LogP contribution in [0.2, 0.25) is 0 Å². The third-order valence-corrected chi connectivity index (χ3v) is 3.32. The van der Waals surface area contributed by atoms with E-state index in [1.54, 1.807) is 7.11 Å². The van der Waals surface area contributed by atoms with Crippen LogP contribution in [0.5, 0.6) is 5.75 Å². The maximum atomic E-state index is 10.7. The summed E-state index contributed by atoms with van der Waals surface area (Å²) in [7, 11) is 1.67. The Bertz CT molecular complexity index is 410. The van der Waals surface area contributed by atoms with Gasteiger partial charge in [-0.2, -0.15) is 0 Å². The third-order valence-electron chi connectivity index (χ3n) is 3.32. The van der Waals surface area contributed by atoms with Crippen molar-refractivity contribution in [2.45, 2.75) is 39.5 Å². The summed E-state index contributed by atoms with van der Waals surface area (Å²) in [4.78, 5) is 10.7. The lowest BCUT2D eigenvalue weighted by Gasteiger charge is -2.23. The minimum Gasteiger partial charge on any atom is -0.496 e. The first kappa shape index (κ1) is 14.6. The first-order chi connectivity index (χ1) is 8.47. The van der Waals surface area contributed by atoms with E-state index in [9.17, 15) is 4.79 Å². The highest BCUT2D eigenvalue weighted by Crippen LogP contribution is 2.36. The fourth-order valence-electron chi connectivity index (χ4n) is 2.37. The predicted molar refractivity (Wildman–Crippen MR) is 72.2 cm³/mol. The summed E-state index contributed by atoms with van der Waals surface area (Å²) >= 11 is 0. The van der Waals surface area contributed by atoms with E-state index < -0.39 is 5.97 Å². The Labute approximate surface area is 109 Å². The molecule has 0 aliphatic heterocycles. The van der Waals surface area contributed by atoms with Crippen LogP contribution in [0.25, 0.3) is 0 Å². The lowest BCUT2D eigenvalue weighted by molar-refractivity contribution is -0.137. The van der Waals surface area contributed by atoms with Crippen molar-refractivity contribution in [3.8, 4) is 5.75 Å². The Morgan fingerprint density at radius 2 is 2.06 bits per heavy atom.